The highest BCUT2D eigenvalue weighted by atomic mass is 16.7. The van der Waals surface area contributed by atoms with E-state index in [4.69, 9.17) is 9.47 Å². The van der Waals surface area contributed by atoms with Gasteiger partial charge < -0.3 is 50.5 Å². The van der Waals surface area contributed by atoms with Crippen molar-refractivity contribution in [3.05, 3.63) is 24.3 Å². The fourth-order valence-electron chi connectivity index (χ4n) is 9.08. The second-order valence-electron chi connectivity index (χ2n) is 20.0. The largest absolute Gasteiger partial charge is 0.394 e. The molecule has 0 saturated carbocycles. The van der Waals surface area contributed by atoms with Crippen LogP contribution in [0.4, 0.5) is 0 Å². The summed E-state index contributed by atoms with van der Waals surface area (Å²) >= 11 is 0. The van der Waals surface area contributed by atoms with E-state index in [0.29, 0.717) is 12.8 Å². The number of allylic oxidation sites excluding steroid dienone is 4. The minimum absolute atomic E-state index is 0.252. The zero-order chi connectivity index (χ0) is 49.0. The molecule has 9 unspecified atom stereocenters. The van der Waals surface area contributed by atoms with Gasteiger partial charge in [0.2, 0.25) is 5.91 Å². The molecule has 1 heterocycles. The lowest BCUT2D eigenvalue weighted by atomic mass is 9.98. The molecule has 396 valence electrons. The second-order valence-corrected chi connectivity index (χ2v) is 20.0. The molecule has 1 aliphatic heterocycles. The Kier molecular flexibility index (Phi) is 43.4. The molecule has 1 aliphatic rings. The first-order valence-electron chi connectivity index (χ1n) is 28.2. The smallest absolute Gasteiger partial charge is 0.249 e. The van der Waals surface area contributed by atoms with Crippen molar-refractivity contribution in [3.63, 3.8) is 0 Å². The molecule has 8 N–H and O–H groups in total. The van der Waals surface area contributed by atoms with Crippen LogP contribution < -0.4 is 5.32 Å². The molecule has 0 aromatic rings. The standard InChI is InChI=1S/C56H107NO10/c1-3-5-7-9-11-13-15-17-19-21-22-23-24-25-26-27-28-30-32-34-36-38-40-42-44-49(60)55(65)57-47(46-66-56-54(64)53(63)52(62)50(45-58)67-56)51(61)48(59)43-41-39-37-35-33-31-29-20-18-16-14-12-10-8-6-4-2/h25-26,35,37,47-54,56,58-64H,3-24,27-34,36,38-46H2,1-2H3,(H,57,65)/b26-25-,37-35+. The number of hydrogen-bond acceptors (Lipinski definition) is 10. The van der Waals surface area contributed by atoms with Crippen molar-refractivity contribution < 1.29 is 50.0 Å². The number of amides is 1. The maximum atomic E-state index is 13.2. The monoisotopic (exact) mass is 954 g/mol. The zero-order valence-corrected chi connectivity index (χ0v) is 43.1. The number of aliphatic hydroxyl groups is 7. The number of carbonyl (C=O) groups excluding carboxylic acids is 1. The van der Waals surface area contributed by atoms with Gasteiger partial charge in [-0.3, -0.25) is 4.79 Å². The molecule has 67 heavy (non-hydrogen) atoms. The van der Waals surface area contributed by atoms with Crippen LogP contribution in [0.3, 0.4) is 0 Å². The molecule has 1 saturated heterocycles. The summed E-state index contributed by atoms with van der Waals surface area (Å²) in [5.74, 6) is -0.706. The van der Waals surface area contributed by atoms with Crippen LogP contribution in [0.15, 0.2) is 24.3 Å². The third kappa shape index (κ3) is 34.5. The summed E-state index contributed by atoms with van der Waals surface area (Å²) in [6, 6.07) is -1.18. The summed E-state index contributed by atoms with van der Waals surface area (Å²) in [6.07, 6.45) is 42.3. The maximum Gasteiger partial charge on any atom is 0.249 e. The highest BCUT2D eigenvalue weighted by molar-refractivity contribution is 5.80. The summed E-state index contributed by atoms with van der Waals surface area (Å²) in [7, 11) is 0. The summed E-state index contributed by atoms with van der Waals surface area (Å²) < 4.78 is 11.1. The van der Waals surface area contributed by atoms with Gasteiger partial charge in [-0.15, -0.1) is 0 Å². The van der Waals surface area contributed by atoms with Crippen LogP contribution in [0, 0.1) is 0 Å². The molecule has 0 aromatic heterocycles. The lowest BCUT2D eigenvalue weighted by Gasteiger charge is -2.40. The van der Waals surface area contributed by atoms with Gasteiger partial charge in [0.05, 0.1) is 25.4 Å². The Labute approximate surface area is 410 Å². The molecule has 0 aromatic carbocycles. The van der Waals surface area contributed by atoms with Crippen LogP contribution in [-0.4, -0.2) is 110 Å². The van der Waals surface area contributed by atoms with Crippen molar-refractivity contribution in [2.75, 3.05) is 13.2 Å². The Morgan fingerprint density at radius 3 is 1.28 bits per heavy atom. The molecule has 0 spiro atoms. The van der Waals surface area contributed by atoms with Crippen LogP contribution in [0.2, 0.25) is 0 Å². The van der Waals surface area contributed by atoms with E-state index in [1.165, 1.54) is 173 Å². The van der Waals surface area contributed by atoms with E-state index in [1.807, 2.05) is 0 Å². The number of carbonyl (C=O) groups is 1. The molecule has 0 radical (unpaired) electrons. The Bertz CT molecular complexity index is 1140. The zero-order valence-electron chi connectivity index (χ0n) is 43.1. The van der Waals surface area contributed by atoms with E-state index in [0.717, 1.165) is 44.9 Å². The van der Waals surface area contributed by atoms with Crippen molar-refractivity contribution in [2.24, 2.45) is 0 Å². The van der Waals surface area contributed by atoms with E-state index in [2.05, 4.69) is 43.5 Å². The minimum Gasteiger partial charge on any atom is -0.394 e. The minimum atomic E-state index is -1.67. The number of aliphatic hydroxyl groups excluding tert-OH is 7. The van der Waals surface area contributed by atoms with Gasteiger partial charge in [-0.25, -0.2) is 0 Å². The van der Waals surface area contributed by atoms with E-state index in [-0.39, 0.29) is 12.8 Å². The highest BCUT2D eigenvalue weighted by Gasteiger charge is 2.44. The summed E-state index contributed by atoms with van der Waals surface area (Å²) in [5.41, 5.74) is 0. The number of unbranched alkanes of at least 4 members (excludes halogenated alkanes) is 32. The molecule has 0 aliphatic carbocycles. The molecule has 11 heteroatoms. The van der Waals surface area contributed by atoms with E-state index in [9.17, 15) is 40.5 Å². The average Bonchev–Trinajstić information content (AvgIpc) is 3.33. The Hall–Kier alpha value is -1.41. The summed E-state index contributed by atoms with van der Waals surface area (Å²) in [5, 5.41) is 76.0. The molecular formula is C56H107NO10. The third-order valence-corrected chi connectivity index (χ3v) is 13.7. The second kappa shape index (κ2) is 45.7. The van der Waals surface area contributed by atoms with Crippen molar-refractivity contribution in [3.8, 4) is 0 Å². The lowest BCUT2D eigenvalue weighted by molar-refractivity contribution is -0.303. The molecule has 1 rings (SSSR count). The van der Waals surface area contributed by atoms with Gasteiger partial charge >= 0.3 is 0 Å². The Morgan fingerprint density at radius 2 is 0.881 bits per heavy atom. The maximum absolute atomic E-state index is 13.2. The van der Waals surface area contributed by atoms with Gasteiger partial charge in [0, 0.05) is 0 Å². The van der Waals surface area contributed by atoms with E-state index in [1.54, 1.807) is 0 Å². The SMILES string of the molecule is CCCCCCCCCCCCC/C=C/CCCC(O)C(O)C(COC1OC(CO)C(O)C(O)C1O)NC(=O)C(O)CCCCCCCCCC/C=C\CCCCCCCCCCCCCC. The number of rotatable bonds is 48. The summed E-state index contributed by atoms with van der Waals surface area (Å²) in [6.45, 7) is 3.46. The predicted octanol–water partition coefficient (Wildman–Crippen LogP) is 11.3. The predicted molar refractivity (Wildman–Crippen MR) is 275 cm³/mol. The fourth-order valence-corrected chi connectivity index (χ4v) is 9.08. The van der Waals surface area contributed by atoms with Crippen LogP contribution in [0.25, 0.3) is 0 Å². The van der Waals surface area contributed by atoms with Crippen molar-refractivity contribution in [2.45, 2.75) is 313 Å². The Morgan fingerprint density at radius 1 is 0.507 bits per heavy atom. The van der Waals surface area contributed by atoms with E-state index < -0.39 is 74.2 Å². The average molecular weight is 954 g/mol. The van der Waals surface area contributed by atoms with Crippen LogP contribution in [0.5, 0.6) is 0 Å². The van der Waals surface area contributed by atoms with Crippen molar-refractivity contribution in [1.29, 1.82) is 0 Å². The first-order valence-corrected chi connectivity index (χ1v) is 28.2. The van der Waals surface area contributed by atoms with Gasteiger partial charge in [0.15, 0.2) is 6.29 Å². The molecule has 9 atom stereocenters. The van der Waals surface area contributed by atoms with Gasteiger partial charge in [-0.2, -0.15) is 0 Å². The Balaban J connectivity index is 2.33. The number of nitrogens with one attached hydrogen (secondary N) is 1. The fraction of sp³-hybridized carbons (Fsp3) is 0.911. The highest BCUT2D eigenvalue weighted by Crippen LogP contribution is 2.23. The molecule has 11 nitrogen and oxygen atoms in total. The van der Waals surface area contributed by atoms with Crippen LogP contribution >= 0.6 is 0 Å². The van der Waals surface area contributed by atoms with Gasteiger partial charge in [0.1, 0.15) is 36.6 Å². The quantitative estimate of drug-likeness (QED) is 0.0215. The summed E-state index contributed by atoms with van der Waals surface area (Å²) in [4.78, 5) is 13.2. The van der Waals surface area contributed by atoms with Gasteiger partial charge in [-0.1, -0.05) is 218 Å². The third-order valence-electron chi connectivity index (χ3n) is 13.7. The number of ether oxygens (including phenoxy) is 2. The lowest BCUT2D eigenvalue weighted by Crippen LogP contribution is -2.60. The van der Waals surface area contributed by atoms with Crippen LogP contribution in [-0.2, 0) is 14.3 Å². The molecular weight excluding hydrogens is 847 g/mol. The first-order chi connectivity index (χ1) is 32.7. The first kappa shape index (κ1) is 63.6. The molecule has 0 bridgehead atoms. The molecule has 1 fully saturated rings. The van der Waals surface area contributed by atoms with Crippen LogP contribution in [0.1, 0.15) is 258 Å². The number of hydrogen-bond donors (Lipinski definition) is 8. The topological polar surface area (TPSA) is 189 Å². The van der Waals surface area contributed by atoms with Gasteiger partial charge in [-0.05, 0) is 64.2 Å². The normalized spacial score (nSPS) is 20.8. The van der Waals surface area contributed by atoms with Gasteiger partial charge in [0.25, 0.3) is 0 Å². The van der Waals surface area contributed by atoms with E-state index >= 15 is 0 Å². The van der Waals surface area contributed by atoms with Crippen molar-refractivity contribution in [1.82, 2.24) is 5.32 Å². The van der Waals surface area contributed by atoms with Crippen molar-refractivity contribution >= 4 is 5.91 Å². The molecule has 1 amide bonds.